The molecule has 3 rings (SSSR count). The van der Waals surface area contributed by atoms with Gasteiger partial charge >= 0.3 is 0 Å². The van der Waals surface area contributed by atoms with Crippen molar-refractivity contribution in [3.05, 3.63) is 40.0 Å². The fraction of sp³-hybridized carbons (Fsp3) is 0.550. The number of aliphatic imine (C=N–C) groups is 1. The molecule has 0 radical (unpaired) electrons. The predicted octanol–water partition coefficient (Wildman–Crippen LogP) is 3.96. The summed E-state index contributed by atoms with van der Waals surface area (Å²) in [5, 5.41) is 7.75. The molecule has 28 heavy (non-hydrogen) atoms. The molecule has 0 unspecified atom stereocenters. The lowest BCUT2D eigenvalue weighted by Gasteiger charge is -2.21. The summed E-state index contributed by atoms with van der Waals surface area (Å²) >= 11 is 1.75. The van der Waals surface area contributed by atoms with Crippen LogP contribution in [0.25, 0.3) is 0 Å². The Labute approximate surface area is 189 Å². The van der Waals surface area contributed by atoms with Crippen molar-refractivity contribution in [2.45, 2.75) is 52.1 Å². The van der Waals surface area contributed by atoms with Gasteiger partial charge in [-0.1, -0.05) is 25.8 Å². The van der Waals surface area contributed by atoms with E-state index in [-0.39, 0.29) is 24.0 Å². The summed E-state index contributed by atoms with van der Waals surface area (Å²) in [5.74, 6) is 1.87. The number of halogens is 1. The third-order valence-corrected chi connectivity index (χ3v) is 5.92. The molecule has 0 spiro atoms. The van der Waals surface area contributed by atoms with Crippen LogP contribution in [0.5, 0.6) is 0 Å². The van der Waals surface area contributed by atoms with Gasteiger partial charge in [-0.3, -0.25) is 4.99 Å². The van der Waals surface area contributed by atoms with Crippen LogP contribution < -0.4 is 15.5 Å². The maximum Gasteiger partial charge on any atom is 0.191 e. The summed E-state index contributed by atoms with van der Waals surface area (Å²) in [6.07, 6.45) is 10.2. The highest BCUT2D eigenvalue weighted by Crippen LogP contribution is 2.17. The molecule has 0 saturated carbocycles. The van der Waals surface area contributed by atoms with Crippen molar-refractivity contribution in [1.29, 1.82) is 0 Å². The highest BCUT2D eigenvalue weighted by Gasteiger charge is 2.11. The number of rotatable bonds is 6. The molecule has 154 valence electrons. The summed E-state index contributed by atoms with van der Waals surface area (Å²) in [6, 6.07) is 4.29. The molecule has 1 fully saturated rings. The lowest BCUT2D eigenvalue weighted by Crippen LogP contribution is -2.36. The van der Waals surface area contributed by atoms with E-state index in [1.54, 1.807) is 18.4 Å². The second kappa shape index (κ2) is 12.2. The zero-order chi connectivity index (χ0) is 18.9. The van der Waals surface area contributed by atoms with Crippen LogP contribution in [0.2, 0.25) is 0 Å². The maximum absolute atomic E-state index is 4.67. The first-order valence-corrected chi connectivity index (χ1v) is 10.7. The van der Waals surface area contributed by atoms with E-state index in [0.29, 0.717) is 13.1 Å². The van der Waals surface area contributed by atoms with Crippen LogP contribution in [-0.2, 0) is 19.5 Å². The van der Waals surface area contributed by atoms with E-state index in [4.69, 9.17) is 0 Å². The number of thiazole rings is 1. The molecule has 2 aromatic rings. The van der Waals surface area contributed by atoms with E-state index in [2.05, 4.69) is 49.6 Å². The summed E-state index contributed by atoms with van der Waals surface area (Å²) in [7, 11) is 1.79. The Balaban J connectivity index is 0.00000280. The monoisotopic (exact) mass is 514 g/mol. The van der Waals surface area contributed by atoms with Crippen molar-refractivity contribution in [1.82, 2.24) is 20.6 Å². The SMILES string of the molecule is CCc1cnc(CNC(=NC)NCc2ccc(N3CCCCCC3)nc2)s1.I. The number of anilines is 1. The van der Waals surface area contributed by atoms with Gasteiger partial charge in [-0.2, -0.15) is 0 Å². The Kier molecular flexibility index (Phi) is 9.97. The molecule has 0 aromatic carbocycles. The molecule has 1 saturated heterocycles. The lowest BCUT2D eigenvalue weighted by atomic mass is 10.2. The Morgan fingerprint density at radius 3 is 2.43 bits per heavy atom. The quantitative estimate of drug-likeness (QED) is 0.347. The lowest BCUT2D eigenvalue weighted by molar-refractivity contribution is 0.726. The van der Waals surface area contributed by atoms with Crippen LogP contribution in [-0.4, -0.2) is 36.1 Å². The Morgan fingerprint density at radius 1 is 1.07 bits per heavy atom. The molecule has 1 aliphatic heterocycles. The zero-order valence-corrected chi connectivity index (χ0v) is 19.9. The van der Waals surface area contributed by atoms with E-state index in [0.717, 1.165) is 41.9 Å². The molecule has 0 amide bonds. The molecule has 0 aliphatic carbocycles. The minimum atomic E-state index is 0. The molecule has 0 atom stereocenters. The van der Waals surface area contributed by atoms with Crippen LogP contribution in [0.3, 0.4) is 0 Å². The van der Waals surface area contributed by atoms with Gasteiger partial charge in [0, 0.05) is 44.0 Å². The normalized spacial score (nSPS) is 14.9. The van der Waals surface area contributed by atoms with Gasteiger partial charge in [-0.25, -0.2) is 9.97 Å². The highest BCUT2D eigenvalue weighted by molar-refractivity contribution is 14.0. The fourth-order valence-electron chi connectivity index (χ4n) is 3.17. The van der Waals surface area contributed by atoms with Crippen molar-refractivity contribution in [2.24, 2.45) is 4.99 Å². The van der Waals surface area contributed by atoms with Crippen LogP contribution in [0.15, 0.2) is 29.5 Å². The first-order valence-electron chi connectivity index (χ1n) is 9.86. The smallest absolute Gasteiger partial charge is 0.191 e. The van der Waals surface area contributed by atoms with Crippen molar-refractivity contribution < 1.29 is 0 Å². The first-order chi connectivity index (χ1) is 13.3. The summed E-state index contributed by atoms with van der Waals surface area (Å²) in [6.45, 7) is 5.79. The van der Waals surface area contributed by atoms with Gasteiger partial charge in [0.05, 0.1) is 6.54 Å². The number of aryl methyl sites for hydroxylation is 1. The van der Waals surface area contributed by atoms with E-state index in [1.165, 1.54) is 30.6 Å². The molecule has 0 bridgehead atoms. The highest BCUT2D eigenvalue weighted by atomic mass is 127. The van der Waals surface area contributed by atoms with Gasteiger partial charge in [-0.05, 0) is 30.9 Å². The Bertz CT molecular complexity index is 723. The maximum atomic E-state index is 4.67. The van der Waals surface area contributed by atoms with Gasteiger partial charge in [0.2, 0.25) is 0 Å². The molecule has 3 heterocycles. The average molecular weight is 514 g/mol. The minimum absolute atomic E-state index is 0. The number of hydrogen-bond acceptors (Lipinski definition) is 5. The number of nitrogens with zero attached hydrogens (tertiary/aromatic N) is 4. The second-order valence-electron chi connectivity index (χ2n) is 6.78. The number of pyridine rings is 1. The van der Waals surface area contributed by atoms with Gasteiger partial charge in [0.25, 0.3) is 0 Å². The summed E-state index contributed by atoms with van der Waals surface area (Å²) in [5.41, 5.74) is 1.15. The zero-order valence-electron chi connectivity index (χ0n) is 16.8. The molecule has 8 heteroatoms. The van der Waals surface area contributed by atoms with Crippen LogP contribution >= 0.6 is 35.3 Å². The summed E-state index contributed by atoms with van der Waals surface area (Å²) < 4.78 is 0. The fourth-order valence-corrected chi connectivity index (χ4v) is 3.97. The van der Waals surface area contributed by atoms with E-state index in [1.807, 2.05) is 12.4 Å². The molecule has 6 nitrogen and oxygen atoms in total. The van der Waals surface area contributed by atoms with Crippen LogP contribution in [0.1, 0.15) is 48.1 Å². The molecule has 1 aliphatic rings. The van der Waals surface area contributed by atoms with Crippen molar-refractivity contribution in [3.8, 4) is 0 Å². The van der Waals surface area contributed by atoms with E-state index in [9.17, 15) is 0 Å². The second-order valence-corrected chi connectivity index (χ2v) is 7.98. The van der Waals surface area contributed by atoms with Crippen molar-refractivity contribution >= 4 is 47.1 Å². The molecular formula is C20H31IN6S. The van der Waals surface area contributed by atoms with Gasteiger partial charge in [0.1, 0.15) is 10.8 Å². The van der Waals surface area contributed by atoms with E-state index >= 15 is 0 Å². The molecule has 2 aromatic heterocycles. The van der Waals surface area contributed by atoms with Gasteiger partial charge in [0.15, 0.2) is 5.96 Å². The number of hydrogen-bond donors (Lipinski definition) is 2. The minimum Gasteiger partial charge on any atom is -0.357 e. The molecule has 2 N–H and O–H groups in total. The first kappa shape index (κ1) is 22.9. The Morgan fingerprint density at radius 2 is 1.82 bits per heavy atom. The largest absolute Gasteiger partial charge is 0.357 e. The topological polar surface area (TPSA) is 65.4 Å². The third kappa shape index (κ3) is 6.88. The van der Waals surface area contributed by atoms with Crippen molar-refractivity contribution in [2.75, 3.05) is 25.0 Å². The predicted molar refractivity (Wildman–Crippen MR) is 129 cm³/mol. The third-order valence-electron chi connectivity index (χ3n) is 4.78. The van der Waals surface area contributed by atoms with Gasteiger partial charge < -0.3 is 15.5 Å². The molecular weight excluding hydrogens is 483 g/mol. The summed E-state index contributed by atoms with van der Waals surface area (Å²) in [4.78, 5) is 17.1. The number of aromatic nitrogens is 2. The standard InChI is InChI=1S/C20H30N6S.HI/c1-3-17-14-23-19(27-17)15-25-20(21-2)24-13-16-8-9-18(22-12-16)26-10-6-4-5-7-11-26;/h8-9,12,14H,3-7,10-11,13,15H2,1-2H3,(H2,21,24,25);1H. The number of guanidine groups is 1. The van der Waals surface area contributed by atoms with Crippen molar-refractivity contribution in [3.63, 3.8) is 0 Å². The average Bonchev–Trinajstić information content (AvgIpc) is 3.00. The number of nitrogens with one attached hydrogen (secondary N) is 2. The van der Waals surface area contributed by atoms with Crippen LogP contribution in [0, 0.1) is 0 Å². The van der Waals surface area contributed by atoms with Crippen LogP contribution in [0.4, 0.5) is 5.82 Å². The Hall–Kier alpha value is -1.42. The van der Waals surface area contributed by atoms with Gasteiger partial charge in [-0.15, -0.1) is 35.3 Å². The van der Waals surface area contributed by atoms with E-state index < -0.39 is 0 Å².